The van der Waals surface area contributed by atoms with Crippen molar-refractivity contribution in [3.05, 3.63) is 42.5 Å². The first-order valence-corrected chi connectivity index (χ1v) is 8.30. The van der Waals surface area contributed by atoms with Crippen LogP contribution in [0.15, 0.2) is 47.4 Å². The van der Waals surface area contributed by atoms with Crippen LogP contribution >= 0.6 is 0 Å². The molecule has 0 amide bonds. The van der Waals surface area contributed by atoms with Gasteiger partial charge in [0.25, 0.3) is 0 Å². The number of benzene rings is 2. The second-order valence-electron chi connectivity index (χ2n) is 4.45. The van der Waals surface area contributed by atoms with E-state index in [4.69, 9.17) is 15.2 Å². The summed E-state index contributed by atoms with van der Waals surface area (Å²) in [6.45, 7) is 2.40. The fourth-order valence-corrected chi connectivity index (χ4v) is 2.43. The number of nitrogens with two attached hydrogens (primary N) is 1. The molecule has 0 atom stereocenters. The predicted molar refractivity (Wildman–Crippen MR) is 81.6 cm³/mol. The van der Waals surface area contributed by atoms with Crippen LogP contribution < -0.4 is 15.2 Å². The van der Waals surface area contributed by atoms with Crippen molar-refractivity contribution >= 4 is 15.5 Å². The van der Waals surface area contributed by atoms with Gasteiger partial charge in [0.15, 0.2) is 27.1 Å². The van der Waals surface area contributed by atoms with Gasteiger partial charge < -0.3 is 15.2 Å². The normalized spacial score (nSPS) is 11.1. The zero-order chi connectivity index (χ0) is 15.5. The molecule has 0 bridgehead atoms. The standard InChI is InChI=1S/C15H17NO4S/c1-3-19-14-6-4-5-7-15(14)20-13-9-8-11(10-12(13)16)21(2,17)18/h4-10H,3,16H2,1-2H3. The summed E-state index contributed by atoms with van der Waals surface area (Å²) in [5.41, 5.74) is 6.11. The number of rotatable bonds is 5. The van der Waals surface area contributed by atoms with Gasteiger partial charge in [-0.05, 0) is 37.3 Å². The number of hydrogen-bond donors (Lipinski definition) is 1. The molecule has 0 aliphatic carbocycles. The first kappa shape index (κ1) is 15.2. The second-order valence-corrected chi connectivity index (χ2v) is 6.47. The lowest BCUT2D eigenvalue weighted by Gasteiger charge is -2.13. The van der Waals surface area contributed by atoms with E-state index in [2.05, 4.69) is 0 Å². The van der Waals surface area contributed by atoms with E-state index in [0.29, 0.717) is 23.9 Å². The average molecular weight is 307 g/mol. The number of hydrogen-bond acceptors (Lipinski definition) is 5. The van der Waals surface area contributed by atoms with Gasteiger partial charge in [-0.3, -0.25) is 0 Å². The highest BCUT2D eigenvalue weighted by Crippen LogP contribution is 2.34. The minimum atomic E-state index is -3.29. The molecule has 2 rings (SSSR count). The van der Waals surface area contributed by atoms with Crippen molar-refractivity contribution in [2.75, 3.05) is 18.6 Å². The molecular weight excluding hydrogens is 290 g/mol. The second kappa shape index (κ2) is 6.05. The van der Waals surface area contributed by atoms with Crippen molar-refractivity contribution in [3.8, 4) is 17.2 Å². The van der Waals surface area contributed by atoms with E-state index in [0.717, 1.165) is 6.26 Å². The summed E-state index contributed by atoms with van der Waals surface area (Å²) in [6, 6.07) is 11.6. The van der Waals surface area contributed by atoms with Crippen LogP contribution in [0, 0.1) is 0 Å². The SMILES string of the molecule is CCOc1ccccc1Oc1ccc(S(C)(=O)=O)cc1N. The fourth-order valence-electron chi connectivity index (χ4n) is 1.78. The Kier molecular flexibility index (Phi) is 4.37. The van der Waals surface area contributed by atoms with E-state index in [1.807, 2.05) is 19.1 Å². The molecule has 0 fully saturated rings. The molecule has 5 nitrogen and oxygen atoms in total. The van der Waals surface area contributed by atoms with Gasteiger partial charge in [0.2, 0.25) is 0 Å². The van der Waals surface area contributed by atoms with Gasteiger partial charge in [0.1, 0.15) is 0 Å². The van der Waals surface area contributed by atoms with Crippen LogP contribution in [-0.4, -0.2) is 21.3 Å². The van der Waals surface area contributed by atoms with E-state index in [9.17, 15) is 8.42 Å². The maximum atomic E-state index is 11.5. The van der Waals surface area contributed by atoms with E-state index in [1.165, 1.54) is 18.2 Å². The Bertz CT molecular complexity index is 741. The largest absolute Gasteiger partial charge is 0.490 e. The topological polar surface area (TPSA) is 78.6 Å². The first-order valence-electron chi connectivity index (χ1n) is 6.41. The fraction of sp³-hybridized carbons (Fsp3) is 0.200. The molecule has 0 spiro atoms. The molecule has 0 radical (unpaired) electrons. The zero-order valence-electron chi connectivity index (χ0n) is 11.9. The molecule has 112 valence electrons. The van der Waals surface area contributed by atoms with E-state index < -0.39 is 9.84 Å². The maximum Gasteiger partial charge on any atom is 0.175 e. The molecule has 0 aliphatic heterocycles. The molecule has 0 aromatic heterocycles. The molecular formula is C15H17NO4S. The van der Waals surface area contributed by atoms with Crippen molar-refractivity contribution < 1.29 is 17.9 Å². The van der Waals surface area contributed by atoms with E-state index >= 15 is 0 Å². The lowest BCUT2D eigenvalue weighted by Crippen LogP contribution is -2.00. The summed E-state index contributed by atoms with van der Waals surface area (Å²) in [6.07, 6.45) is 1.13. The summed E-state index contributed by atoms with van der Waals surface area (Å²) >= 11 is 0. The number of para-hydroxylation sites is 2. The van der Waals surface area contributed by atoms with Crippen LogP contribution in [-0.2, 0) is 9.84 Å². The van der Waals surface area contributed by atoms with Crippen LogP contribution in [0.1, 0.15) is 6.92 Å². The third-order valence-electron chi connectivity index (χ3n) is 2.78. The molecule has 21 heavy (non-hydrogen) atoms. The molecule has 6 heteroatoms. The van der Waals surface area contributed by atoms with Crippen molar-refractivity contribution in [1.82, 2.24) is 0 Å². The maximum absolute atomic E-state index is 11.5. The highest BCUT2D eigenvalue weighted by atomic mass is 32.2. The quantitative estimate of drug-likeness (QED) is 0.859. The Morgan fingerprint density at radius 1 is 1.05 bits per heavy atom. The summed E-state index contributed by atoms with van der Waals surface area (Å²) < 4.78 is 34.1. The third kappa shape index (κ3) is 3.66. The average Bonchev–Trinajstić information content (AvgIpc) is 2.42. The minimum absolute atomic E-state index is 0.158. The van der Waals surface area contributed by atoms with Crippen molar-refractivity contribution in [2.24, 2.45) is 0 Å². The molecule has 0 saturated heterocycles. The first-order chi connectivity index (χ1) is 9.91. The van der Waals surface area contributed by atoms with Crippen LogP contribution in [0.4, 0.5) is 5.69 Å². The van der Waals surface area contributed by atoms with Crippen molar-refractivity contribution in [2.45, 2.75) is 11.8 Å². The summed E-state index contributed by atoms with van der Waals surface area (Å²) in [4.78, 5) is 0.158. The van der Waals surface area contributed by atoms with Gasteiger partial charge in [0, 0.05) is 6.26 Å². The lowest BCUT2D eigenvalue weighted by molar-refractivity contribution is 0.321. The highest BCUT2D eigenvalue weighted by molar-refractivity contribution is 7.90. The van der Waals surface area contributed by atoms with Gasteiger partial charge in [-0.1, -0.05) is 12.1 Å². The summed E-state index contributed by atoms with van der Waals surface area (Å²) in [5, 5.41) is 0. The summed E-state index contributed by atoms with van der Waals surface area (Å²) in [5.74, 6) is 1.51. The molecule has 0 heterocycles. The smallest absolute Gasteiger partial charge is 0.175 e. The van der Waals surface area contributed by atoms with Crippen LogP contribution in [0.3, 0.4) is 0 Å². The lowest BCUT2D eigenvalue weighted by atomic mass is 10.3. The Morgan fingerprint density at radius 2 is 1.71 bits per heavy atom. The number of sulfone groups is 1. The summed E-state index contributed by atoms with van der Waals surface area (Å²) in [7, 11) is -3.29. The van der Waals surface area contributed by atoms with Crippen LogP contribution in [0.2, 0.25) is 0 Å². The van der Waals surface area contributed by atoms with Gasteiger partial charge >= 0.3 is 0 Å². The third-order valence-corrected chi connectivity index (χ3v) is 3.89. The van der Waals surface area contributed by atoms with Gasteiger partial charge in [-0.15, -0.1) is 0 Å². The van der Waals surface area contributed by atoms with E-state index in [1.54, 1.807) is 12.1 Å². The molecule has 2 aromatic carbocycles. The molecule has 2 aromatic rings. The van der Waals surface area contributed by atoms with E-state index in [-0.39, 0.29) is 10.6 Å². The molecule has 0 saturated carbocycles. The highest BCUT2D eigenvalue weighted by Gasteiger charge is 2.12. The number of ether oxygens (including phenoxy) is 2. The van der Waals surface area contributed by atoms with Crippen molar-refractivity contribution in [3.63, 3.8) is 0 Å². The number of nitrogen functional groups attached to an aromatic ring is 1. The van der Waals surface area contributed by atoms with Crippen LogP contribution in [0.5, 0.6) is 17.2 Å². The molecule has 0 aliphatic rings. The Labute approximate surface area is 124 Å². The Hall–Kier alpha value is -2.21. The monoisotopic (exact) mass is 307 g/mol. The molecule has 0 unspecified atom stereocenters. The predicted octanol–water partition coefficient (Wildman–Crippen LogP) is 2.86. The Morgan fingerprint density at radius 3 is 2.29 bits per heavy atom. The minimum Gasteiger partial charge on any atom is -0.490 e. The number of anilines is 1. The van der Waals surface area contributed by atoms with Gasteiger partial charge in [-0.25, -0.2) is 8.42 Å². The van der Waals surface area contributed by atoms with Crippen LogP contribution in [0.25, 0.3) is 0 Å². The van der Waals surface area contributed by atoms with Gasteiger partial charge in [-0.2, -0.15) is 0 Å². The Balaban J connectivity index is 2.33. The van der Waals surface area contributed by atoms with Gasteiger partial charge in [0.05, 0.1) is 17.2 Å². The molecule has 2 N–H and O–H groups in total. The zero-order valence-corrected chi connectivity index (χ0v) is 12.7. The van der Waals surface area contributed by atoms with Crippen molar-refractivity contribution in [1.29, 1.82) is 0 Å².